The van der Waals surface area contributed by atoms with Gasteiger partial charge in [-0.25, -0.2) is 13.4 Å². The molecule has 5 rings (SSSR count). The molecule has 2 aromatic heterocycles. The molecule has 194 valence electrons. The maximum Gasteiger partial charge on any atom is 0.283 e. The Balaban J connectivity index is 1.42. The van der Waals surface area contributed by atoms with Crippen molar-refractivity contribution >= 4 is 54.6 Å². The maximum absolute atomic E-state index is 13.6. The Morgan fingerprint density at radius 3 is 2.70 bits per heavy atom. The summed E-state index contributed by atoms with van der Waals surface area (Å²) in [5, 5.41) is 1.15. The second-order valence-electron chi connectivity index (χ2n) is 9.07. The number of piperazine rings is 1. The van der Waals surface area contributed by atoms with E-state index in [1.807, 2.05) is 6.07 Å². The number of thiazole rings is 1. The molecule has 2 N–H and O–H groups in total. The molecule has 13 heteroatoms. The normalized spacial score (nSPS) is 18.4. The zero-order chi connectivity index (χ0) is 26.3. The summed E-state index contributed by atoms with van der Waals surface area (Å²) in [6, 6.07) is 6.42. The summed E-state index contributed by atoms with van der Waals surface area (Å²) in [6.07, 6.45) is 5.50. The molecule has 2 aliphatic heterocycles. The lowest BCUT2D eigenvalue weighted by Crippen LogP contribution is -2.57. The van der Waals surface area contributed by atoms with Crippen LogP contribution in [0.15, 0.2) is 28.5 Å². The van der Waals surface area contributed by atoms with Gasteiger partial charge in [-0.05, 0) is 23.6 Å². The van der Waals surface area contributed by atoms with E-state index >= 15 is 0 Å². The van der Waals surface area contributed by atoms with Gasteiger partial charge in [-0.2, -0.15) is 4.31 Å². The predicted molar refractivity (Wildman–Crippen MR) is 142 cm³/mol. The van der Waals surface area contributed by atoms with Crippen LogP contribution in [0.5, 0.6) is 0 Å². The van der Waals surface area contributed by atoms with Crippen LogP contribution in [0, 0.1) is 12.3 Å². The molecular formula is C24H26N6O4S3. The summed E-state index contributed by atoms with van der Waals surface area (Å²) >= 11 is 2.49. The first-order chi connectivity index (χ1) is 17.7. The van der Waals surface area contributed by atoms with E-state index in [1.165, 1.54) is 31.9 Å². The molecule has 0 bridgehead atoms. The highest BCUT2D eigenvalue weighted by Gasteiger charge is 2.39. The van der Waals surface area contributed by atoms with Crippen molar-refractivity contribution in [1.29, 1.82) is 0 Å². The topological polar surface area (TPSA) is 115 Å². The molecule has 0 aliphatic carbocycles. The smallest absolute Gasteiger partial charge is 0.283 e. The number of thiophene rings is 1. The minimum atomic E-state index is -3.84. The van der Waals surface area contributed by atoms with Crippen LogP contribution in [0.4, 0.5) is 0 Å². The Morgan fingerprint density at radius 2 is 1.97 bits per heavy atom. The van der Waals surface area contributed by atoms with Gasteiger partial charge in [-0.15, -0.1) is 29.1 Å². The molecule has 1 saturated heterocycles. The van der Waals surface area contributed by atoms with E-state index in [9.17, 15) is 18.0 Å². The van der Waals surface area contributed by atoms with Crippen LogP contribution in [0.1, 0.15) is 32.4 Å². The first-order valence-corrected chi connectivity index (χ1v) is 14.7. The van der Waals surface area contributed by atoms with Gasteiger partial charge in [0.25, 0.3) is 15.9 Å². The minimum Gasteiger partial charge on any atom is -0.349 e. The molecule has 1 unspecified atom stereocenters. The van der Waals surface area contributed by atoms with Crippen molar-refractivity contribution in [3.63, 3.8) is 0 Å². The summed E-state index contributed by atoms with van der Waals surface area (Å²) in [7, 11) is -0.558. The van der Waals surface area contributed by atoms with Crippen molar-refractivity contribution in [1.82, 2.24) is 29.9 Å². The number of hydrogen-bond acceptors (Lipinski definition) is 9. The second kappa shape index (κ2) is 10.1. The average Bonchev–Trinajstić information content (AvgIpc) is 3.52. The van der Waals surface area contributed by atoms with Gasteiger partial charge >= 0.3 is 0 Å². The summed E-state index contributed by atoms with van der Waals surface area (Å²) in [6.45, 7) is 1.40. The summed E-state index contributed by atoms with van der Waals surface area (Å²) < 4.78 is 29.6. The second-order valence-corrected chi connectivity index (χ2v) is 13.4. The van der Waals surface area contributed by atoms with E-state index in [0.717, 1.165) is 20.7 Å². The van der Waals surface area contributed by atoms with Crippen LogP contribution in [-0.2, 0) is 27.9 Å². The Labute approximate surface area is 223 Å². The lowest BCUT2D eigenvalue weighted by Gasteiger charge is -2.40. The minimum absolute atomic E-state index is 0.0108. The third kappa shape index (κ3) is 5.00. The summed E-state index contributed by atoms with van der Waals surface area (Å²) in [4.78, 5) is 34.7. The van der Waals surface area contributed by atoms with Crippen LogP contribution < -0.4 is 10.9 Å². The SMILES string of the molecule is C#Cc1ccc2cc(S(=O)(=O)N3CCN(C(=O)c4nc5c(s4)CNNC5)C(CC(=O)N(C)C)C3)sc2c1. The molecule has 37 heavy (non-hydrogen) atoms. The van der Waals surface area contributed by atoms with Crippen LogP contribution in [0.3, 0.4) is 0 Å². The molecule has 3 aromatic rings. The summed E-state index contributed by atoms with van der Waals surface area (Å²) in [5.41, 5.74) is 7.56. The number of rotatable bonds is 5. The monoisotopic (exact) mass is 558 g/mol. The lowest BCUT2D eigenvalue weighted by molar-refractivity contribution is -0.130. The van der Waals surface area contributed by atoms with Gasteiger partial charge in [-0.1, -0.05) is 12.0 Å². The Kier molecular flexibility index (Phi) is 7.06. The quantitative estimate of drug-likeness (QED) is 0.456. The number of benzene rings is 1. The molecule has 0 spiro atoms. The molecule has 2 amide bonds. The van der Waals surface area contributed by atoms with Gasteiger partial charge in [0.1, 0.15) is 4.21 Å². The molecule has 4 heterocycles. The van der Waals surface area contributed by atoms with Gasteiger partial charge in [0.2, 0.25) is 5.91 Å². The van der Waals surface area contributed by atoms with Crippen LogP contribution >= 0.6 is 22.7 Å². The van der Waals surface area contributed by atoms with Crippen molar-refractivity contribution < 1.29 is 18.0 Å². The highest BCUT2D eigenvalue weighted by atomic mass is 32.2. The molecule has 0 saturated carbocycles. The Hall–Kier alpha value is -2.86. The summed E-state index contributed by atoms with van der Waals surface area (Å²) in [5.74, 6) is 2.11. The first kappa shape index (κ1) is 25.8. The molecule has 2 aliphatic rings. The van der Waals surface area contributed by atoms with E-state index < -0.39 is 16.1 Å². The number of sulfonamides is 1. The lowest BCUT2D eigenvalue weighted by atomic mass is 10.1. The number of terminal acetylenes is 1. The van der Waals surface area contributed by atoms with Gasteiger partial charge < -0.3 is 9.80 Å². The number of carbonyl (C=O) groups is 2. The number of fused-ring (bicyclic) bond motifs is 2. The molecule has 1 fully saturated rings. The number of nitrogens with zero attached hydrogens (tertiary/aromatic N) is 4. The van der Waals surface area contributed by atoms with E-state index in [-0.39, 0.29) is 42.1 Å². The van der Waals surface area contributed by atoms with E-state index in [0.29, 0.717) is 23.7 Å². The molecule has 1 atom stereocenters. The largest absolute Gasteiger partial charge is 0.349 e. The zero-order valence-electron chi connectivity index (χ0n) is 20.4. The van der Waals surface area contributed by atoms with Gasteiger partial charge in [0.15, 0.2) is 5.01 Å². The van der Waals surface area contributed by atoms with Gasteiger partial charge in [0.05, 0.1) is 18.3 Å². The zero-order valence-corrected chi connectivity index (χ0v) is 22.8. The van der Waals surface area contributed by atoms with Crippen LogP contribution in [-0.4, -0.2) is 79.1 Å². The number of amides is 2. The fraction of sp³-hybridized carbons (Fsp3) is 0.375. The number of carbonyl (C=O) groups excluding carboxylic acids is 2. The van der Waals surface area contributed by atoms with Crippen molar-refractivity contribution in [2.45, 2.75) is 29.8 Å². The van der Waals surface area contributed by atoms with Crippen molar-refractivity contribution in [3.05, 3.63) is 45.4 Å². The maximum atomic E-state index is 13.6. The number of aromatic nitrogens is 1. The van der Waals surface area contributed by atoms with E-state index in [1.54, 1.807) is 37.2 Å². The third-order valence-electron chi connectivity index (χ3n) is 6.46. The fourth-order valence-electron chi connectivity index (χ4n) is 4.39. The van der Waals surface area contributed by atoms with Crippen LogP contribution in [0.25, 0.3) is 10.1 Å². The highest BCUT2D eigenvalue weighted by Crippen LogP contribution is 2.33. The van der Waals surface area contributed by atoms with Gasteiger partial charge in [-0.3, -0.25) is 20.4 Å². The van der Waals surface area contributed by atoms with Gasteiger partial charge in [0, 0.05) is 61.8 Å². The first-order valence-electron chi connectivity index (χ1n) is 11.6. The molecular weight excluding hydrogens is 533 g/mol. The van der Waals surface area contributed by atoms with Crippen molar-refractivity contribution in [2.24, 2.45) is 0 Å². The Bertz CT molecular complexity index is 1500. The predicted octanol–water partition coefficient (Wildman–Crippen LogP) is 1.44. The third-order valence-corrected chi connectivity index (χ3v) is 11.0. The van der Waals surface area contributed by atoms with Crippen LogP contribution in [0.2, 0.25) is 0 Å². The highest BCUT2D eigenvalue weighted by molar-refractivity contribution is 7.91. The molecule has 1 aromatic carbocycles. The Morgan fingerprint density at radius 1 is 1.19 bits per heavy atom. The average molecular weight is 559 g/mol. The van der Waals surface area contributed by atoms with Crippen molar-refractivity contribution in [2.75, 3.05) is 33.7 Å². The number of hydrogen-bond donors (Lipinski definition) is 2. The van der Waals surface area contributed by atoms with E-state index in [2.05, 4.69) is 21.8 Å². The van der Waals surface area contributed by atoms with Crippen molar-refractivity contribution in [3.8, 4) is 12.3 Å². The number of hydrazine groups is 1. The van der Waals surface area contributed by atoms with E-state index in [4.69, 9.17) is 6.42 Å². The molecule has 10 nitrogen and oxygen atoms in total. The fourth-order valence-corrected chi connectivity index (χ4v) is 8.42. The standard InChI is InChI=1S/C24H26N6O4S3/c1-4-15-5-6-16-10-22(35-19(16)9-15)37(33,34)29-7-8-30(17(14-29)11-21(31)28(2)3)24(32)23-27-18-12-25-26-13-20(18)36-23/h1,5-6,9-10,17,25-26H,7-8,11-14H2,2-3H3. The molecule has 0 radical (unpaired) electrons. The number of nitrogens with one attached hydrogen (secondary N) is 2.